The number of pyridine rings is 1. The zero-order valence-electron chi connectivity index (χ0n) is 10.4. The zero-order chi connectivity index (χ0) is 13.7. The van der Waals surface area contributed by atoms with Gasteiger partial charge in [0.2, 0.25) is 0 Å². The summed E-state index contributed by atoms with van der Waals surface area (Å²) in [4.78, 5) is 15.7. The van der Waals surface area contributed by atoms with Gasteiger partial charge in [-0.2, -0.15) is 0 Å². The Morgan fingerprint density at radius 2 is 2.00 bits per heavy atom. The largest absolute Gasteiger partial charge is 0.495 e. The molecule has 0 fully saturated rings. The van der Waals surface area contributed by atoms with Gasteiger partial charge >= 0.3 is 6.03 Å². The summed E-state index contributed by atoms with van der Waals surface area (Å²) in [5.41, 5.74) is 6.61. The van der Waals surface area contributed by atoms with Crippen LogP contribution in [-0.4, -0.2) is 18.1 Å². The number of carbonyl (C=O) groups is 1. The Balaban J connectivity index is 2.03. The highest BCUT2D eigenvalue weighted by Crippen LogP contribution is 2.23. The van der Waals surface area contributed by atoms with Gasteiger partial charge in [0.15, 0.2) is 0 Å². The summed E-state index contributed by atoms with van der Waals surface area (Å²) in [7, 11) is 1.54. The standard InChI is InChI=1S/C13H14N4O2/c1-19-11-5-3-2-4-10(11)17-13(18)16-9-6-7-12(14)15-8-9/h2-8H,1H3,(H2,14,15)(H2,16,17,18). The molecule has 6 heteroatoms. The molecule has 0 aliphatic carbocycles. The lowest BCUT2D eigenvalue weighted by molar-refractivity contribution is 0.262. The van der Waals surface area contributed by atoms with Crippen LogP contribution in [0.3, 0.4) is 0 Å². The molecular formula is C13H14N4O2. The van der Waals surface area contributed by atoms with Gasteiger partial charge in [0.25, 0.3) is 0 Å². The van der Waals surface area contributed by atoms with Crippen LogP contribution in [0.2, 0.25) is 0 Å². The summed E-state index contributed by atoms with van der Waals surface area (Å²) in [6.45, 7) is 0. The maximum Gasteiger partial charge on any atom is 0.323 e. The van der Waals surface area contributed by atoms with E-state index in [2.05, 4.69) is 15.6 Å². The van der Waals surface area contributed by atoms with Crippen molar-refractivity contribution < 1.29 is 9.53 Å². The first-order valence-electron chi connectivity index (χ1n) is 5.61. The smallest absolute Gasteiger partial charge is 0.323 e. The van der Waals surface area contributed by atoms with Crippen molar-refractivity contribution in [3.05, 3.63) is 42.6 Å². The molecule has 2 rings (SSSR count). The predicted molar refractivity (Wildman–Crippen MR) is 74.3 cm³/mol. The number of hydrogen-bond acceptors (Lipinski definition) is 4. The van der Waals surface area contributed by atoms with E-state index in [0.717, 1.165) is 0 Å². The Morgan fingerprint density at radius 1 is 1.21 bits per heavy atom. The molecule has 0 spiro atoms. The van der Waals surface area contributed by atoms with E-state index in [9.17, 15) is 4.79 Å². The lowest BCUT2D eigenvalue weighted by Crippen LogP contribution is -2.19. The summed E-state index contributed by atoms with van der Waals surface area (Å²) in [6.07, 6.45) is 1.48. The second-order valence-electron chi connectivity index (χ2n) is 3.75. The fraction of sp³-hybridized carbons (Fsp3) is 0.0769. The van der Waals surface area contributed by atoms with Crippen molar-refractivity contribution in [2.24, 2.45) is 0 Å². The van der Waals surface area contributed by atoms with Crippen molar-refractivity contribution in [3.63, 3.8) is 0 Å². The number of benzene rings is 1. The number of nitrogens with zero attached hydrogens (tertiary/aromatic N) is 1. The summed E-state index contributed by atoms with van der Waals surface area (Å²) in [6, 6.07) is 10.0. The summed E-state index contributed by atoms with van der Waals surface area (Å²) >= 11 is 0. The van der Waals surface area contributed by atoms with Crippen molar-refractivity contribution in [1.82, 2.24) is 4.98 Å². The van der Waals surface area contributed by atoms with Crippen LogP contribution in [0.15, 0.2) is 42.6 Å². The van der Waals surface area contributed by atoms with E-state index in [1.54, 1.807) is 31.4 Å². The molecular weight excluding hydrogens is 244 g/mol. The number of nitrogens with two attached hydrogens (primary N) is 1. The minimum Gasteiger partial charge on any atom is -0.495 e. The van der Waals surface area contributed by atoms with Crippen molar-refractivity contribution in [3.8, 4) is 5.75 Å². The van der Waals surface area contributed by atoms with Crippen molar-refractivity contribution in [2.75, 3.05) is 23.5 Å². The molecule has 4 N–H and O–H groups in total. The fourth-order valence-corrected chi connectivity index (χ4v) is 1.51. The van der Waals surface area contributed by atoms with E-state index in [4.69, 9.17) is 10.5 Å². The fourth-order valence-electron chi connectivity index (χ4n) is 1.51. The molecule has 2 amide bonds. The van der Waals surface area contributed by atoms with Crippen molar-refractivity contribution in [2.45, 2.75) is 0 Å². The van der Waals surface area contributed by atoms with Crippen LogP contribution in [0.4, 0.5) is 22.0 Å². The number of hydrogen-bond donors (Lipinski definition) is 3. The van der Waals surface area contributed by atoms with Crippen LogP contribution in [0.5, 0.6) is 5.75 Å². The number of nitrogens with one attached hydrogen (secondary N) is 2. The average Bonchev–Trinajstić information content (AvgIpc) is 2.42. The van der Waals surface area contributed by atoms with Gasteiger partial charge in [-0.1, -0.05) is 12.1 Å². The molecule has 2 aromatic rings. The Bertz CT molecular complexity index is 569. The van der Waals surface area contributed by atoms with Gasteiger partial charge in [0.05, 0.1) is 24.7 Å². The van der Waals surface area contributed by atoms with E-state index >= 15 is 0 Å². The molecule has 1 aromatic carbocycles. The lowest BCUT2D eigenvalue weighted by atomic mass is 10.3. The van der Waals surface area contributed by atoms with Crippen LogP contribution >= 0.6 is 0 Å². The average molecular weight is 258 g/mol. The Kier molecular flexibility index (Phi) is 3.82. The van der Waals surface area contributed by atoms with Gasteiger partial charge in [0, 0.05) is 0 Å². The molecule has 0 aliphatic heterocycles. The third-order valence-corrected chi connectivity index (χ3v) is 2.40. The number of aromatic nitrogens is 1. The molecule has 19 heavy (non-hydrogen) atoms. The van der Waals surface area contributed by atoms with Gasteiger partial charge < -0.3 is 21.1 Å². The summed E-state index contributed by atoms with van der Waals surface area (Å²) in [5.74, 6) is 0.990. The molecule has 1 aromatic heterocycles. The molecule has 0 saturated heterocycles. The Morgan fingerprint density at radius 3 is 2.68 bits per heavy atom. The minimum absolute atomic E-state index is 0.379. The summed E-state index contributed by atoms with van der Waals surface area (Å²) < 4.78 is 5.14. The van der Waals surface area contributed by atoms with Crippen LogP contribution in [0, 0.1) is 0 Å². The molecule has 1 heterocycles. The Hall–Kier alpha value is -2.76. The highest BCUT2D eigenvalue weighted by Gasteiger charge is 2.06. The van der Waals surface area contributed by atoms with Gasteiger partial charge in [-0.15, -0.1) is 0 Å². The van der Waals surface area contributed by atoms with Crippen LogP contribution in [0.1, 0.15) is 0 Å². The van der Waals surface area contributed by atoms with Gasteiger partial charge in [-0.25, -0.2) is 9.78 Å². The van der Waals surface area contributed by atoms with Gasteiger partial charge in [-0.05, 0) is 24.3 Å². The number of ether oxygens (including phenoxy) is 1. The third kappa shape index (κ3) is 3.35. The number of amides is 2. The minimum atomic E-state index is -0.379. The number of rotatable bonds is 3. The number of urea groups is 1. The summed E-state index contributed by atoms with van der Waals surface area (Å²) in [5, 5.41) is 5.34. The van der Waals surface area contributed by atoms with E-state index < -0.39 is 0 Å². The SMILES string of the molecule is COc1ccccc1NC(=O)Nc1ccc(N)nc1. The molecule has 0 aliphatic rings. The van der Waals surface area contributed by atoms with Crippen LogP contribution in [-0.2, 0) is 0 Å². The van der Waals surface area contributed by atoms with Crippen LogP contribution < -0.4 is 21.1 Å². The number of anilines is 3. The highest BCUT2D eigenvalue weighted by molar-refractivity contribution is 6.00. The zero-order valence-corrected chi connectivity index (χ0v) is 10.4. The maximum atomic E-state index is 11.8. The molecule has 0 radical (unpaired) electrons. The molecule has 0 unspecified atom stereocenters. The quantitative estimate of drug-likeness (QED) is 0.788. The highest BCUT2D eigenvalue weighted by atomic mass is 16.5. The normalized spacial score (nSPS) is 9.74. The topological polar surface area (TPSA) is 89.3 Å². The van der Waals surface area contributed by atoms with Gasteiger partial charge in [0.1, 0.15) is 11.6 Å². The Labute approximate surface area is 110 Å². The second kappa shape index (κ2) is 5.72. The van der Waals surface area contributed by atoms with E-state index in [1.807, 2.05) is 12.1 Å². The molecule has 98 valence electrons. The molecule has 0 atom stereocenters. The van der Waals surface area contributed by atoms with E-state index in [1.165, 1.54) is 6.20 Å². The first kappa shape index (κ1) is 12.7. The monoisotopic (exact) mass is 258 g/mol. The van der Waals surface area contributed by atoms with E-state index in [0.29, 0.717) is 22.9 Å². The van der Waals surface area contributed by atoms with Gasteiger partial charge in [-0.3, -0.25) is 0 Å². The number of para-hydroxylation sites is 2. The number of methoxy groups -OCH3 is 1. The molecule has 6 nitrogen and oxygen atoms in total. The van der Waals surface area contributed by atoms with Crippen molar-refractivity contribution >= 4 is 23.2 Å². The number of carbonyl (C=O) groups excluding carboxylic acids is 1. The lowest BCUT2D eigenvalue weighted by Gasteiger charge is -2.10. The molecule has 0 saturated carbocycles. The first-order chi connectivity index (χ1) is 9.19. The maximum absolute atomic E-state index is 11.8. The number of nitrogen functional groups attached to an aromatic ring is 1. The second-order valence-corrected chi connectivity index (χ2v) is 3.75. The molecule has 0 bridgehead atoms. The first-order valence-corrected chi connectivity index (χ1v) is 5.61. The third-order valence-electron chi connectivity index (χ3n) is 2.40. The van der Waals surface area contributed by atoms with Crippen LogP contribution in [0.25, 0.3) is 0 Å². The van der Waals surface area contributed by atoms with E-state index in [-0.39, 0.29) is 6.03 Å². The van der Waals surface area contributed by atoms with Crippen molar-refractivity contribution in [1.29, 1.82) is 0 Å². The predicted octanol–water partition coefficient (Wildman–Crippen LogP) is 2.32.